The Morgan fingerprint density at radius 3 is 2.77 bits per heavy atom. The Labute approximate surface area is 147 Å². The predicted molar refractivity (Wildman–Crippen MR) is 87.8 cm³/mol. The Balaban J connectivity index is 1.98. The molecular weight excluding hydrogens is 367 g/mol. The average Bonchev–Trinajstić information content (AvgIpc) is 3.11. The molecular formula is C15H13FN4O5S. The van der Waals surface area contributed by atoms with Crippen LogP contribution in [0.4, 0.5) is 10.1 Å². The Bertz CT molecular complexity index is 1040. The van der Waals surface area contributed by atoms with Gasteiger partial charge in [-0.1, -0.05) is 5.92 Å². The molecule has 3 N–H and O–H groups in total. The third-order valence-electron chi connectivity index (χ3n) is 3.48. The van der Waals surface area contributed by atoms with Crippen molar-refractivity contribution in [2.75, 3.05) is 17.5 Å². The zero-order valence-electron chi connectivity index (χ0n) is 13.2. The van der Waals surface area contributed by atoms with Crippen molar-refractivity contribution in [3.05, 3.63) is 41.7 Å². The molecule has 9 nitrogen and oxygen atoms in total. The van der Waals surface area contributed by atoms with E-state index in [2.05, 4.69) is 16.8 Å². The Hall–Kier alpha value is -3.10. The van der Waals surface area contributed by atoms with Crippen molar-refractivity contribution in [2.45, 2.75) is 6.54 Å². The molecule has 0 saturated carbocycles. The van der Waals surface area contributed by atoms with Crippen LogP contribution in [0.15, 0.2) is 24.7 Å². The second kappa shape index (κ2) is 6.66. The summed E-state index contributed by atoms with van der Waals surface area (Å²) in [6.07, 6.45) is 3.00. The van der Waals surface area contributed by atoms with Crippen LogP contribution in [0.2, 0.25) is 0 Å². The van der Waals surface area contributed by atoms with Gasteiger partial charge in [-0.15, -0.1) is 0 Å². The van der Waals surface area contributed by atoms with Gasteiger partial charge in [-0.05, 0) is 18.1 Å². The first-order chi connectivity index (χ1) is 12.3. The number of nitrogens with zero attached hydrogens (tertiary/aromatic N) is 3. The highest BCUT2D eigenvalue weighted by atomic mass is 32.2. The maximum Gasteiger partial charge on any atom is 0.326 e. The standard InChI is InChI=1S/C15H13FN4O5S/c16-14-10(1-3-11-7-19(5-6-21)9-17-11)2-4-12(22)15(14)20-8-13(23)18-26(20,24)25/h2,4,7,9,21-22H,5-6,8H2,(H,18,23). The van der Waals surface area contributed by atoms with Crippen LogP contribution in [0, 0.1) is 17.7 Å². The van der Waals surface area contributed by atoms with Gasteiger partial charge in [0.1, 0.15) is 23.7 Å². The van der Waals surface area contributed by atoms with Crippen LogP contribution in [0.3, 0.4) is 0 Å². The van der Waals surface area contributed by atoms with Gasteiger partial charge in [-0.2, -0.15) is 8.42 Å². The lowest BCUT2D eigenvalue weighted by molar-refractivity contribution is -0.117. The van der Waals surface area contributed by atoms with Gasteiger partial charge in [0, 0.05) is 12.7 Å². The highest BCUT2D eigenvalue weighted by molar-refractivity contribution is 7.92. The van der Waals surface area contributed by atoms with Crippen molar-refractivity contribution >= 4 is 21.8 Å². The molecule has 2 heterocycles. The van der Waals surface area contributed by atoms with E-state index in [1.54, 1.807) is 15.5 Å². The summed E-state index contributed by atoms with van der Waals surface area (Å²) in [5.74, 6) is 2.57. The zero-order valence-corrected chi connectivity index (χ0v) is 14.0. The molecule has 26 heavy (non-hydrogen) atoms. The topological polar surface area (TPSA) is 125 Å². The number of benzene rings is 1. The van der Waals surface area contributed by atoms with Crippen molar-refractivity contribution in [2.24, 2.45) is 0 Å². The summed E-state index contributed by atoms with van der Waals surface area (Å²) >= 11 is 0. The number of carbonyl (C=O) groups is 1. The second-order valence-electron chi connectivity index (χ2n) is 5.30. The maximum absolute atomic E-state index is 14.7. The van der Waals surface area contributed by atoms with Crippen molar-refractivity contribution in [3.63, 3.8) is 0 Å². The van der Waals surface area contributed by atoms with Gasteiger partial charge in [-0.25, -0.2) is 18.4 Å². The van der Waals surface area contributed by atoms with Gasteiger partial charge in [0.05, 0.1) is 18.5 Å². The monoisotopic (exact) mass is 380 g/mol. The molecule has 0 spiro atoms. The molecule has 0 radical (unpaired) electrons. The van der Waals surface area contributed by atoms with Crippen molar-refractivity contribution < 1.29 is 27.8 Å². The molecule has 1 aromatic carbocycles. The number of hydrogen-bond donors (Lipinski definition) is 3. The molecule has 0 aliphatic carbocycles. The SMILES string of the molecule is O=C1CN(c2c(O)ccc(C#Cc3cn(CCO)cn3)c2F)S(=O)(=O)N1. The molecule has 136 valence electrons. The molecule has 1 fully saturated rings. The van der Waals surface area contributed by atoms with Gasteiger partial charge in [0.15, 0.2) is 5.82 Å². The summed E-state index contributed by atoms with van der Waals surface area (Å²) in [7, 11) is -4.27. The van der Waals surface area contributed by atoms with Crippen LogP contribution in [-0.4, -0.2) is 47.2 Å². The number of amides is 1. The number of aliphatic hydroxyl groups is 1. The molecule has 3 rings (SSSR count). The lowest BCUT2D eigenvalue weighted by Crippen LogP contribution is -2.30. The van der Waals surface area contributed by atoms with Crippen LogP contribution in [0.25, 0.3) is 0 Å². The molecule has 0 unspecified atom stereocenters. The number of phenolic OH excluding ortho intramolecular Hbond substituents is 1. The summed E-state index contributed by atoms with van der Waals surface area (Å²) in [6.45, 7) is -0.383. The van der Waals surface area contributed by atoms with Crippen LogP contribution in [0.5, 0.6) is 5.75 Å². The Morgan fingerprint density at radius 1 is 1.35 bits per heavy atom. The fraction of sp³-hybridized carbons (Fsp3) is 0.200. The molecule has 2 aromatic rings. The van der Waals surface area contributed by atoms with Gasteiger partial charge >= 0.3 is 10.2 Å². The Kier molecular flexibility index (Phi) is 4.54. The summed E-state index contributed by atoms with van der Waals surface area (Å²) < 4.78 is 42.2. The van der Waals surface area contributed by atoms with Crippen LogP contribution < -0.4 is 9.03 Å². The Morgan fingerprint density at radius 2 is 2.12 bits per heavy atom. The molecule has 11 heteroatoms. The fourth-order valence-corrected chi connectivity index (χ4v) is 3.49. The molecule has 1 aliphatic rings. The number of aliphatic hydroxyl groups excluding tert-OH is 1. The number of aromatic nitrogens is 2. The van der Waals surface area contributed by atoms with E-state index in [0.717, 1.165) is 6.07 Å². The van der Waals surface area contributed by atoms with E-state index in [0.29, 0.717) is 16.5 Å². The number of rotatable bonds is 3. The number of anilines is 1. The molecule has 0 atom stereocenters. The van der Waals surface area contributed by atoms with E-state index < -0.39 is 39.9 Å². The first kappa shape index (κ1) is 17.7. The number of carbonyl (C=O) groups excluding carboxylic acids is 1. The van der Waals surface area contributed by atoms with Crippen LogP contribution in [-0.2, 0) is 21.5 Å². The maximum atomic E-state index is 14.7. The lowest BCUT2D eigenvalue weighted by atomic mass is 10.1. The normalized spacial score (nSPS) is 15.5. The summed E-state index contributed by atoms with van der Waals surface area (Å²) in [6, 6.07) is 2.27. The van der Waals surface area contributed by atoms with Crippen molar-refractivity contribution in [1.29, 1.82) is 0 Å². The van der Waals surface area contributed by atoms with E-state index in [1.165, 1.54) is 12.4 Å². The quantitative estimate of drug-likeness (QED) is 0.605. The number of imidazole rings is 1. The van der Waals surface area contributed by atoms with Crippen LogP contribution >= 0.6 is 0 Å². The van der Waals surface area contributed by atoms with E-state index in [4.69, 9.17) is 5.11 Å². The van der Waals surface area contributed by atoms with Gasteiger partial charge < -0.3 is 14.8 Å². The van der Waals surface area contributed by atoms with Crippen molar-refractivity contribution in [1.82, 2.24) is 14.3 Å². The first-order valence-electron chi connectivity index (χ1n) is 7.31. The third-order valence-corrected chi connectivity index (χ3v) is 4.86. The smallest absolute Gasteiger partial charge is 0.326 e. The number of hydrogen-bond acceptors (Lipinski definition) is 6. The van der Waals surface area contributed by atoms with E-state index >= 15 is 0 Å². The minimum atomic E-state index is -4.27. The molecule has 1 aromatic heterocycles. The molecule has 0 bridgehead atoms. The van der Waals surface area contributed by atoms with E-state index in [1.807, 2.05) is 0 Å². The highest BCUT2D eigenvalue weighted by Crippen LogP contribution is 2.34. The minimum absolute atomic E-state index is 0.0732. The highest BCUT2D eigenvalue weighted by Gasteiger charge is 2.37. The first-order valence-corrected chi connectivity index (χ1v) is 8.75. The van der Waals surface area contributed by atoms with Crippen LogP contribution in [0.1, 0.15) is 11.3 Å². The number of halogens is 1. The minimum Gasteiger partial charge on any atom is -0.506 e. The third kappa shape index (κ3) is 3.32. The largest absolute Gasteiger partial charge is 0.506 e. The number of nitrogens with one attached hydrogen (secondary N) is 1. The van der Waals surface area contributed by atoms with Crippen molar-refractivity contribution in [3.8, 4) is 17.6 Å². The van der Waals surface area contributed by atoms with E-state index in [9.17, 15) is 22.7 Å². The number of aromatic hydroxyl groups is 1. The number of phenols is 1. The summed E-state index contributed by atoms with van der Waals surface area (Å²) in [4.78, 5) is 15.3. The van der Waals surface area contributed by atoms with Gasteiger partial charge in [0.2, 0.25) is 0 Å². The predicted octanol–water partition coefficient (Wildman–Crippen LogP) is -0.699. The summed E-state index contributed by atoms with van der Waals surface area (Å²) in [5, 5.41) is 18.7. The van der Waals surface area contributed by atoms with E-state index in [-0.39, 0.29) is 12.2 Å². The summed E-state index contributed by atoms with van der Waals surface area (Å²) in [5.41, 5.74) is -0.511. The lowest BCUT2D eigenvalue weighted by Gasteiger charge is -2.17. The second-order valence-corrected chi connectivity index (χ2v) is 6.90. The molecule has 1 saturated heterocycles. The van der Waals surface area contributed by atoms with Gasteiger partial charge in [0.25, 0.3) is 5.91 Å². The average molecular weight is 380 g/mol. The molecule has 1 aliphatic heterocycles. The zero-order chi connectivity index (χ0) is 18.9. The fourth-order valence-electron chi connectivity index (χ4n) is 2.33. The molecule has 1 amide bonds. The van der Waals surface area contributed by atoms with Gasteiger partial charge in [-0.3, -0.25) is 4.79 Å².